The number of hydrogen-bond acceptors (Lipinski definition) is 5. The highest BCUT2D eigenvalue weighted by atomic mass is 35.5. The molecule has 0 aromatic heterocycles. The van der Waals surface area contributed by atoms with Gasteiger partial charge >= 0.3 is 0 Å². The molecular weight excluding hydrogens is 422 g/mol. The maximum Gasteiger partial charge on any atom is 0.256 e. The molecule has 3 heterocycles. The number of nitrogens with zero attached hydrogens (tertiary/aromatic N) is 3. The maximum atomic E-state index is 12.2. The summed E-state index contributed by atoms with van der Waals surface area (Å²) >= 11 is 6.20. The zero-order valence-electron chi connectivity index (χ0n) is 16.2. The van der Waals surface area contributed by atoms with Crippen molar-refractivity contribution < 1.29 is 13.2 Å². The van der Waals surface area contributed by atoms with E-state index in [4.69, 9.17) is 21.6 Å². The van der Waals surface area contributed by atoms with E-state index in [2.05, 4.69) is 15.4 Å². The van der Waals surface area contributed by atoms with E-state index in [9.17, 15) is 8.42 Å². The Kier molecular flexibility index (Phi) is 4.53. The van der Waals surface area contributed by atoms with Crippen LogP contribution in [-0.4, -0.2) is 37.5 Å². The highest BCUT2D eigenvalue weighted by Crippen LogP contribution is 2.49. The summed E-state index contributed by atoms with van der Waals surface area (Å²) in [6.45, 7) is 0.530. The first-order valence-electron chi connectivity index (χ1n) is 9.98. The molecular formula is C22H20ClN3O3S. The summed E-state index contributed by atoms with van der Waals surface area (Å²) in [6, 6.07) is 15.1. The van der Waals surface area contributed by atoms with Crippen LogP contribution in [0.3, 0.4) is 0 Å². The zero-order valence-corrected chi connectivity index (χ0v) is 17.8. The molecule has 0 unspecified atom stereocenters. The largest absolute Gasteiger partial charge is 0.456 e. The van der Waals surface area contributed by atoms with E-state index in [-0.39, 0.29) is 11.2 Å². The van der Waals surface area contributed by atoms with Gasteiger partial charge in [-0.25, -0.2) is 8.42 Å². The van der Waals surface area contributed by atoms with Gasteiger partial charge in [0, 0.05) is 18.7 Å². The summed E-state index contributed by atoms with van der Waals surface area (Å²) in [7, 11) is -3.40. The Balaban J connectivity index is 1.48. The molecule has 4 aliphatic rings. The number of nitriles is 1. The van der Waals surface area contributed by atoms with Gasteiger partial charge < -0.3 is 9.64 Å². The second kappa shape index (κ2) is 7.00. The second-order valence-electron chi connectivity index (χ2n) is 8.09. The van der Waals surface area contributed by atoms with Crippen LogP contribution in [0.2, 0.25) is 5.02 Å². The predicted molar refractivity (Wildman–Crippen MR) is 115 cm³/mol. The molecule has 0 amide bonds. The van der Waals surface area contributed by atoms with Gasteiger partial charge in [-0.15, -0.1) is 4.40 Å². The quantitative estimate of drug-likeness (QED) is 0.711. The van der Waals surface area contributed by atoms with Gasteiger partial charge in [-0.3, -0.25) is 0 Å². The smallest absolute Gasteiger partial charge is 0.256 e. The van der Waals surface area contributed by atoms with Gasteiger partial charge in [0.2, 0.25) is 0 Å². The van der Waals surface area contributed by atoms with Gasteiger partial charge in [-0.05, 0) is 55.5 Å². The van der Waals surface area contributed by atoms with Crippen molar-refractivity contribution in [2.45, 2.75) is 37.1 Å². The highest BCUT2D eigenvalue weighted by Gasteiger charge is 2.52. The van der Waals surface area contributed by atoms with E-state index in [1.54, 1.807) is 18.2 Å². The van der Waals surface area contributed by atoms with Crippen molar-refractivity contribution >= 4 is 27.5 Å². The van der Waals surface area contributed by atoms with Gasteiger partial charge in [-0.2, -0.15) is 5.26 Å². The van der Waals surface area contributed by atoms with E-state index in [1.165, 1.54) is 0 Å². The van der Waals surface area contributed by atoms with Crippen LogP contribution in [0, 0.1) is 11.3 Å². The fourth-order valence-corrected chi connectivity index (χ4v) is 6.15. The molecule has 2 aromatic carbocycles. The van der Waals surface area contributed by atoms with Crippen LogP contribution >= 0.6 is 11.6 Å². The van der Waals surface area contributed by atoms with Crippen LogP contribution in [0.25, 0.3) is 0 Å². The van der Waals surface area contributed by atoms with Crippen molar-refractivity contribution in [1.82, 2.24) is 4.90 Å². The molecule has 3 aliphatic heterocycles. The Labute approximate surface area is 180 Å². The summed E-state index contributed by atoms with van der Waals surface area (Å²) in [5.41, 5.74) is 1.17. The lowest BCUT2D eigenvalue weighted by Crippen LogP contribution is -2.62. The molecule has 0 N–H and O–H groups in total. The molecule has 0 spiro atoms. The molecule has 1 aliphatic carbocycles. The van der Waals surface area contributed by atoms with Crippen LogP contribution in [0.1, 0.15) is 36.8 Å². The average molecular weight is 442 g/mol. The normalized spacial score (nSPS) is 26.5. The second-order valence-corrected chi connectivity index (χ2v) is 10.3. The fraction of sp³-hybridized carbons (Fsp3) is 0.364. The Morgan fingerprint density at radius 2 is 1.90 bits per heavy atom. The minimum Gasteiger partial charge on any atom is -0.456 e. The van der Waals surface area contributed by atoms with Gasteiger partial charge in [-0.1, -0.05) is 23.7 Å². The molecule has 6 rings (SSSR count). The molecule has 3 fully saturated rings. The molecule has 6 nitrogen and oxygen atoms in total. The van der Waals surface area contributed by atoms with Crippen LogP contribution in [0.15, 0.2) is 46.9 Å². The van der Waals surface area contributed by atoms with Crippen LogP contribution in [-0.2, 0) is 15.4 Å². The lowest BCUT2D eigenvalue weighted by Gasteiger charge is -2.55. The van der Waals surface area contributed by atoms with Gasteiger partial charge in [0.1, 0.15) is 17.3 Å². The first kappa shape index (κ1) is 19.4. The number of sulfonamides is 1. The Hall–Kier alpha value is -2.56. The van der Waals surface area contributed by atoms with Crippen molar-refractivity contribution in [3.8, 4) is 17.6 Å². The number of rotatable bonds is 3. The third-order valence-corrected chi connectivity index (χ3v) is 7.92. The number of piperidine rings is 2. The standard InChI is InChI=1S/C22H20ClN3O3S/c23-19-6-1-15(14-24)13-20(19)29-18-4-2-16(3-5-18)22-9-7-17(8-10-22)26-11-12-30(27,28)25-21(22)26/h1-6,13,17H,7-12H2. The van der Waals surface area contributed by atoms with Crippen molar-refractivity contribution in [2.24, 2.45) is 4.40 Å². The van der Waals surface area contributed by atoms with E-state index >= 15 is 0 Å². The molecule has 8 heteroatoms. The van der Waals surface area contributed by atoms with E-state index in [1.807, 2.05) is 24.3 Å². The third kappa shape index (κ3) is 3.15. The fourth-order valence-electron chi connectivity index (χ4n) is 4.94. The number of hydrogen-bond donors (Lipinski definition) is 0. The highest BCUT2D eigenvalue weighted by molar-refractivity contribution is 7.90. The first-order valence-corrected chi connectivity index (χ1v) is 12.0. The maximum absolute atomic E-state index is 12.2. The van der Waals surface area contributed by atoms with E-state index in [0.717, 1.165) is 37.1 Å². The number of halogens is 1. The van der Waals surface area contributed by atoms with Crippen LogP contribution in [0.4, 0.5) is 0 Å². The Morgan fingerprint density at radius 1 is 1.17 bits per heavy atom. The third-order valence-electron chi connectivity index (χ3n) is 6.46. The number of benzene rings is 2. The SMILES string of the molecule is N#Cc1ccc(Cl)c(Oc2ccc(C34CCC(CC3)N3CCS(=O)(=O)N=C34)cc2)c1. The van der Waals surface area contributed by atoms with Crippen LogP contribution in [0.5, 0.6) is 11.5 Å². The van der Waals surface area contributed by atoms with Gasteiger partial charge in [0.05, 0.1) is 27.8 Å². The van der Waals surface area contributed by atoms with E-state index < -0.39 is 10.0 Å². The topological polar surface area (TPSA) is 82.8 Å². The molecule has 30 heavy (non-hydrogen) atoms. The molecule has 0 radical (unpaired) electrons. The average Bonchev–Trinajstić information content (AvgIpc) is 2.76. The molecule has 0 atom stereocenters. The Morgan fingerprint density at radius 3 is 2.60 bits per heavy atom. The first-order chi connectivity index (χ1) is 14.4. The van der Waals surface area contributed by atoms with Crippen LogP contribution < -0.4 is 4.74 Å². The van der Waals surface area contributed by atoms with Gasteiger partial charge in [0.15, 0.2) is 0 Å². The summed E-state index contributed by atoms with van der Waals surface area (Å²) in [5.74, 6) is 1.84. The molecule has 2 bridgehead atoms. The van der Waals surface area contributed by atoms with Crippen molar-refractivity contribution in [2.75, 3.05) is 12.3 Å². The number of amidine groups is 1. The summed E-state index contributed by atoms with van der Waals surface area (Å²) in [5, 5.41) is 9.51. The summed E-state index contributed by atoms with van der Waals surface area (Å²) < 4.78 is 34.6. The predicted octanol–water partition coefficient (Wildman–Crippen LogP) is 4.24. The minimum absolute atomic E-state index is 0.0956. The van der Waals surface area contributed by atoms with Crippen molar-refractivity contribution in [3.63, 3.8) is 0 Å². The number of ether oxygens (including phenoxy) is 1. The molecule has 2 aromatic rings. The summed E-state index contributed by atoms with van der Waals surface area (Å²) in [6.07, 6.45) is 3.90. The molecule has 2 saturated heterocycles. The molecule has 154 valence electrons. The summed E-state index contributed by atoms with van der Waals surface area (Å²) in [4.78, 5) is 2.21. The monoisotopic (exact) mass is 441 g/mol. The van der Waals surface area contributed by atoms with Crippen molar-refractivity contribution in [3.05, 3.63) is 58.6 Å². The van der Waals surface area contributed by atoms with Crippen molar-refractivity contribution in [1.29, 1.82) is 5.26 Å². The molecule has 1 saturated carbocycles. The van der Waals surface area contributed by atoms with E-state index in [0.29, 0.717) is 34.7 Å². The Bertz CT molecular complexity index is 1180. The van der Waals surface area contributed by atoms with Gasteiger partial charge in [0.25, 0.3) is 10.0 Å². The zero-order chi connectivity index (χ0) is 20.9. The lowest BCUT2D eigenvalue weighted by atomic mass is 9.63. The lowest BCUT2D eigenvalue weighted by molar-refractivity contribution is 0.151. The minimum atomic E-state index is -3.40. The number of fused-ring (bicyclic) bond motifs is 2.